The van der Waals surface area contributed by atoms with Crippen molar-refractivity contribution >= 4 is 221 Å². The Bertz CT molecular complexity index is 6380. The van der Waals surface area contributed by atoms with Crippen molar-refractivity contribution in [1.29, 1.82) is 0 Å². The second-order valence-corrected chi connectivity index (χ2v) is 37.8. The Kier molecular flexibility index (Phi) is 18.3. The molecule has 5 aromatic heterocycles. The van der Waals surface area contributed by atoms with Crippen LogP contribution in [0.1, 0.15) is 123 Å². The van der Waals surface area contributed by atoms with E-state index in [1.165, 1.54) is 97.4 Å². The average Bonchev–Trinajstić information content (AvgIpc) is 1.59. The molecule has 0 radical (unpaired) electrons. The molecule has 0 amide bonds. The van der Waals surface area contributed by atoms with Gasteiger partial charge in [-0.05, 0) is 250 Å². The van der Waals surface area contributed by atoms with Gasteiger partial charge < -0.3 is 41.7 Å². The molecule has 550 valence electrons. The molecule has 0 spiro atoms. The van der Waals surface area contributed by atoms with Crippen LogP contribution in [0.25, 0.3) is 135 Å². The van der Waals surface area contributed by atoms with Gasteiger partial charge in [-0.15, -0.1) is 45.3 Å². The highest BCUT2D eigenvalue weighted by molar-refractivity contribution is 7.27. The van der Waals surface area contributed by atoms with E-state index in [4.69, 9.17) is 48.2 Å². The summed E-state index contributed by atoms with van der Waals surface area (Å²) in [6.07, 6.45) is 4.21. The quantitative estimate of drug-likeness (QED) is 0.119. The lowest BCUT2D eigenvalue weighted by Gasteiger charge is -2.32. The van der Waals surface area contributed by atoms with Crippen LogP contribution in [0.2, 0.25) is 0 Å². The van der Waals surface area contributed by atoms with Crippen molar-refractivity contribution in [1.82, 2.24) is 0 Å². The third-order valence-electron chi connectivity index (χ3n) is 24.2. The highest BCUT2D eigenvalue weighted by atomic mass is 32.1. The first-order valence-corrected chi connectivity index (χ1v) is 41.1. The molecule has 4 saturated heterocycles. The number of hydrogen-bond donors (Lipinski definition) is 0. The number of rotatable bonds is 6. The van der Waals surface area contributed by atoms with Crippen LogP contribution in [0.15, 0.2) is 217 Å². The first kappa shape index (κ1) is 74.3. The topological polar surface area (TPSA) is 91.3 Å². The van der Waals surface area contributed by atoms with E-state index in [-0.39, 0.29) is 55.0 Å². The predicted octanol–water partition coefficient (Wildman–Crippen LogP) is 23.7. The molecule has 20 rings (SSSR count). The van der Waals surface area contributed by atoms with Crippen molar-refractivity contribution in [3.8, 4) is 11.1 Å². The lowest BCUT2D eigenvalue weighted by Crippen LogP contribution is -2.41. The minimum atomic E-state index is -0.416. The van der Waals surface area contributed by atoms with Gasteiger partial charge >= 0.3 is 28.5 Å². The van der Waals surface area contributed by atoms with Crippen molar-refractivity contribution in [2.45, 2.75) is 163 Å². The van der Waals surface area contributed by atoms with Gasteiger partial charge in [0.15, 0.2) is 5.69 Å². The van der Waals surface area contributed by atoms with Crippen LogP contribution >= 0.6 is 45.3 Å². The van der Waals surface area contributed by atoms with Crippen molar-refractivity contribution in [3.05, 3.63) is 229 Å². The van der Waals surface area contributed by atoms with Crippen LogP contribution < -0.4 is 21.9 Å². The van der Waals surface area contributed by atoms with E-state index in [0.29, 0.717) is 5.69 Å². The molecule has 10 nitrogen and oxygen atoms in total. The van der Waals surface area contributed by atoms with Gasteiger partial charge in [-0.1, -0.05) is 152 Å². The number of allylic oxidation sites excluding steroid dienone is 1. The molecule has 18 heteroatoms. The predicted molar refractivity (Wildman–Crippen MR) is 471 cm³/mol. The molecule has 0 bridgehead atoms. The molecule has 4 aliphatic heterocycles. The fourth-order valence-corrected chi connectivity index (χ4v) is 19.4. The normalized spacial score (nSPS) is 18.6. The maximum atomic E-state index is 7.23. The van der Waals surface area contributed by atoms with Crippen molar-refractivity contribution < 1.29 is 41.7 Å². The van der Waals surface area contributed by atoms with E-state index in [2.05, 4.69) is 304 Å². The van der Waals surface area contributed by atoms with Crippen molar-refractivity contribution in [2.24, 2.45) is 0 Å². The lowest BCUT2D eigenvalue weighted by molar-refractivity contribution is 0.00578. The fraction of sp³-hybridized carbons (Fsp3) is 0.272. The highest BCUT2D eigenvalue weighted by Gasteiger charge is 2.55. The molecule has 4 fully saturated rings. The molecule has 0 unspecified atom stereocenters. The van der Waals surface area contributed by atoms with E-state index >= 15 is 0 Å². The Morgan fingerprint density at radius 1 is 0.318 bits per heavy atom. The van der Waals surface area contributed by atoms with Crippen LogP contribution in [-0.2, 0) is 37.2 Å². The summed E-state index contributed by atoms with van der Waals surface area (Å²) in [6.45, 7) is 42.7. The standard InChI is InChI=1S/C30H25BO3S.C22H21BO2S.C21H23BO2S.C19H18BNO2S/c1-29(2)30(3,4)34-31(33-29)19-16-22(28-24(17-19)21-10-6-8-12-27(21)35-28)18-13-14-26-23(15-18)20-9-5-7-11-25(20)32-26;1-21(2)22(3,4)25-23(24-21)15-10-12-18-17(13-15)20-16-8-6-5-7-14(16)9-11-19(20)26-18;1-6-7-14-8-10-18-16(12-14)17-13-15(9-11-19(17)25-18)22-23-20(2,3)21(4,5)24-22;1-18(2)19(3,4)23-20(22-18)12-6-8-16-14(10-12)15-11-13(21-5)7-9-17(15)24-16/h5-17H,1-4H3;5-13H,1-4H3;6-13H,1-5H3;6-11H,1-4H3/b;;7-6+;. The smallest absolute Gasteiger partial charge is 0.456 e. The summed E-state index contributed by atoms with van der Waals surface area (Å²) in [5, 5.41) is 14.8. The zero-order chi connectivity index (χ0) is 77.0. The first-order chi connectivity index (χ1) is 52.3. The molecular weight excluding hydrogens is 1430 g/mol. The van der Waals surface area contributed by atoms with Gasteiger partial charge in [0.05, 0.1) is 51.4 Å². The maximum absolute atomic E-state index is 7.23. The number of hydrogen-bond acceptors (Lipinski definition) is 13. The summed E-state index contributed by atoms with van der Waals surface area (Å²) < 4.78 is 66.5. The summed E-state index contributed by atoms with van der Waals surface area (Å²) in [7, 11) is -1.42. The highest BCUT2D eigenvalue weighted by Crippen LogP contribution is 2.47. The fourth-order valence-electron chi connectivity index (χ4n) is 15.0. The second-order valence-electron chi connectivity index (χ2n) is 33.5. The summed E-state index contributed by atoms with van der Waals surface area (Å²) in [5.74, 6) is 0. The lowest BCUT2D eigenvalue weighted by atomic mass is 9.77. The molecule has 16 aromatic rings. The summed E-state index contributed by atoms with van der Waals surface area (Å²) in [5.41, 5.74) is 7.57. The van der Waals surface area contributed by atoms with Crippen LogP contribution in [0.3, 0.4) is 0 Å². The van der Waals surface area contributed by atoms with Gasteiger partial charge in [0.25, 0.3) is 0 Å². The zero-order valence-electron chi connectivity index (χ0n) is 65.3. The Morgan fingerprint density at radius 3 is 1.27 bits per heavy atom. The summed E-state index contributed by atoms with van der Waals surface area (Å²) >= 11 is 7.27. The number of para-hydroxylation sites is 1. The third-order valence-corrected chi connectivity index (χ3v) is 28.8. The molecule has 110 heavy (non-hydrogen) atoms. The van der Waals surface area contributed by atoms with E-state index in [9.17, 15) is 0 Å². The largest absolute Gasteiger partial charge is 0.494 e. The Balaban J connectivity index is 0.000000108. The van der Waals surface area contributed by atoms with Crippen LogP contribution in [0, 0.1) is 6.57 Å². The molecule has 11 aromatic carbocycles. The van der Waals surface area contributed by atoms with Crippen LogP contribution in [-0.4, -0.2) is 73.3 Å². The Morgan fingerprint density at radius 2 is 0.727 bits per heavy atom. The van der Waals surface area contributed by atoms with E-state index < -0.39 is 18.3 Å². The molecular formula is C92H87B4NO9S4. The van der Waals surface area contributed by atoms with E-state index in [0.717, 1.165) is 54.6 Å². The maximum Gasteiger partial charge on any atom is 0.494 e. The monoisotopic (exact) mass is 1520 g/mol. The molecule has 9 heterocycles. The van der Waals surface area contributed by atoms with Gasteiger partial charge in [-0.3, -0.25) is 0 Å². The van der Waals surface area contributed by atoms with Gasteiger partial charge in [-0.25, -0.2) is 4.85 Å². The van der Waals surface area contributed by atoms with Gasteiger partial charge in [0.1, 0.15) is 11.2 Å². The van der Waals surface area contributed by atoms with E-state index in [1.54, 1.807) is 11.3 Å². The number of benzene rings is 11. The summed E-state index contributed by atoms with van der Waals surface area (Å²) in [6, 6.07) is 72.9. The minimum Gasteiger partial charge on any atom is -0.456 e. The van der Waals surface area contributed by atoms with Crippen molar-refractivity contribution in [2.75, 3.05) is 0 Å². The molecule has 0 N–H and O–H groups in total. The van der Waals surface area contributed by atoms with Gasteiger partial charge in [0, 0.05) is 75.3 Å². The number of nitrogens with zero attached hydrogens (tertiary/aromatic N) is 1. The molecule has 4 aliphatic rings. The minimum absolute atomic E-state index is 0.317. The number of thiophene rings is 4. The Labute approximate surface area is 660 Å². The zero-order valence-corrected chi connectivity index (χ0v) is 68.6. The Hall–Kier alpha value is -8.47. The SMILES string of the molecule is C/C=C/c1ccc2sc3ccc(B4OC(C)(C)C(C)(C)O4)cc3c2c1.CC1(C)OB(c2cc(-c3ccc4oc5ccccc5c4c3)c3sc4ccccc4c3c2)OC1(C)C.CC1(C)OB(c2ccc3sc4ccc5ccccc5c4c3c2)OC1(C)C.[C-]#[N+]c1ccc2sc3ccc(B4OC(C)(C)C(C)(C)O4)cc3c2c1. The number of fused-ring (bicyclic) bond motifs is 17. The molecule has 0 atom stereocenters. The van der Waals surface area contributed by atoms with Crippen LogP contribution in [0.5, 0.6) is 0 Å². The van der Waals surface area contributed by atoms with Gasteiger partial charge in [-0.2, -0.15) is 0 Å². The molecule has 0 saturated carbocycles. The second kappa shape index (κ2) is 27.1. The third kappa shape index (κ3) is 13.0. The molecule has 0 aliphatic carbocycles. The van der Waals surface area contributed by atoms with Gasteiger partial charge in [0.2, 0.25) is 0 Å². The van der Waals surface area contributed by atoms with E-state index in [1.807, 2.05) is 71.3 Å². The van der Waals surface area contributed by atoms with Crippen LogP contribution in [0.4, 0.5) is 5.69 Å². The van der Waals surface area contributed by atoms with Crippen molar-refractivity contribution in [3.63, 3.8) is 0 Å². The number of furan rings is 1. The first-order valence-electron chi connectivity index (χ1n) is 37.8. The summed E-state index contributed by atoms with van der Waals surface area (Å²) in [4.78, 5) is 3.55. The average molecular weight is 1520 g/mol.